The molecule has 0 heterocycles. The number of rotatable bonds is 6. The molecule has 0 unspecified atom stereocenters. The predicted octanol–water partition coefficient (Wildman–Crippen LogP) is 1.69. The van der Waals surface area contributed by atoms with Crippen LogP contribution >= 0.6 is 0 Å². The molecule has 5 nitrogen and oxygen atoms in total. The van der Waals surface area contributed by atoms with Gasteiger partial charge in [0.05, 0.1) is 13.1 Å². The van der Waals surface area contributed by atoms with Crippen molar-refractivity contribution in [2.75, 3.05) is 27.2 Å². The van der Waals surface area contributed by atoms with E-state index < -0.39 is 0 Å². The molecule has 0 aromatic heterocycles. The van der Waals surface area contributed by atoms with E-state index in [9.17, 15) is 9.59 Å². The Kier molecular flexibility index (Phi) is 5.71. The maximum Gasteiger partial charge on any atom is 0.239 e. The second-order valence-corrected chi connectivity index (χ2v) is 5.59. The monoisotopic (exact) mass is 313 g/mol. The van der Waals surface area contributed by atoms with Crippen molar-refractivity contribution in [2.45, 2.75) is 13.0 Å². The summed E-state index contributed by atoms with van der Waals surface area (Å²) in [6.45, 7) is 2.30. The van der Waals surface area contributed by atoms with Crippen LogP contribution in [-0.2, 0) is 9.59 Å². The third kappa shape index (κ3) is 4.29. The summed E-state index contributed by atoms with van der Waals surface area (Å²) in [5.74, 6) is -0.288. The Labute approximate surface area is 136 Å². The molecule has 2 N–H and O–H groups in total. The summed E-state index contributed by atoms with van der Waals surface area (Å²) < 4.78 is 0. The van der Waals surface area contributed by atoms with E-state index in [4.69, 9.17) is 0 Å². The lowest BCUT2D eigenvalue weighted by Crippen LogP contribution is -2.41. The minimum Gasteiger partial charge on any atom is -0.358 e. The number of benzene rings is 2. The van der Waals surface area contributed by atoms with Gasteiger partial charge in [-0.05, 0) is 23.3 Å². The summed E-state index contributed by atoms with van der Waals surface area (Å²) in [5, 5.41) is 8.11. The molecular weight excluding hydrogens is 290 g/mol. The van der Waals surface area contributed by atoms with E-state index in [0.717, 1.165) is 5.56 Å². The van der Waals surface area contributed by atoms with Crippen LogP contribution < -0.4 is 10.6 Å². The Morgan fingerprint density at radius 2 is 1.83 bits per heavy atom. The lowest BCUT2D eigenvalue weighted by molar-refractivity contribution is -0.133. The Hall–Kier alpha value is -2.40. The second-order valence-electron chi connectivity index (χ2n) is 5.59. The number of nitrogens with one attached hydrogen (secondary N) is 2. The zero-order chi connectivity index (χ0) is 16.8. The number of hydrogen-bond donors (Lipinski definition) is 2. The van der Waals surface area contributed by atoms with Gasteiger partial charge in [0, 0.05) is 20.1 Å². The van der Waals surface area contributed by atoms with E-state index in [1.807, 2.05) is 25.1 Å². The Morgan fingerprint density at radius 1 is 1.13 bits per heavy atom. The number of likely N-dealkylation sites (N-methyl/N-ethyl adjacent to an activating group) is 2. The van der Waals surface area contributed by atoms with Crippen molar-refractivity contribution < 1.29 is 9.59 Å². The average molecular weight is 313 g/mol. The molecule has 0 saturated carbocycles. The number of fused-ring (bicyclic) bond motifs is 1. The van der Waals surface area contributed by atoms with Crippen molar-refractivity contribution in [2.24, 2.45) is 0 Å². The van der Waals surface area contributed by atoms with Crippen molar-refractivity contribution in [3.8, 4) is 0 Å². The highest BCUT2D eigenvalue weighted by Gasteiger charge is 2.14. The molecule has 0 spiro atoms. The number of hydrogen-bond acceptors (Lipinski definition) is 3. The first-order valence-electron chi connectivity index (χ1n) is 7.68. The van der Waals surface area contributed by atoms with Crippen molar-refractivity contribution >= 4 is 22.6 Å². The maximum absolute atomic E-state index is 12.1. The quantitative estimate of drug-likeness (QED) is 0.853. The normalized spacial score (nSPS) is 12.0. The lowest BCUT2D eigenvalue weighted by Gasteiger charge is -2.20. The molecule has 122 valence electrons. The fraction of sp³-hybridized carbons (Fsp3) is 0.333. The highest BCUT2D eigenvalue weighted by atomic mass is 16.2. The molecule has 0 aliphatic heterocycles. The summed E-state index contributed by atoms with van der Waals surface area (Å²) in [6, 6.07) is 14.4. The van der Waals surface area contributed by atoms with Gasteiger partial charge in [-0.1, -0.05) is 42.5 Å². The molecule has 5 heteroatoms. The Bertz CT molecular complexity index is 694. The van der Waals surface area contributed by atoms with Crippen LogP contribution in [0.5, 0.6) is 0 Å². The van der Waals surface area contributed by atoms with E-state index in [1.54, 1.807) is 14.1 Å². The first kappa shape index (κ1) is 17.0. The zero-order valence-corrected chi connectivity index (χ0v) is 13.8. The minimum absolute atomic E-state index is 0.0402. The van der Waals surface area contributed by atoms with Crippen LogP contribution in [0.25, 0.3) is 10.8 Å². The van der Waals surface area contributed by atoms with Crippen molar-refractivity contribution in [1.29, 1.82) is 0 Å². The van der Waals surface area contributed by atoms with Gasteiger partial charge in [-0.15, -0.1) is 0 Å². The fourth-order valence-corrected chi connectivity index (χ4v) is 2.50. The number of carbonyl (C=O) groups excluding carboxylic acids is 2. The highest BCUT2D eigenvalue weighted by Crippen LogP contribution is 2.23. The third-order valence-electron chi connectivity index (χ3n) is 3.93. The van der Waals surface area contributed by atoms with E-state index in [1.165, 1.54) is 15.7 Å². The molecule has 2 aromatic rings. The first-order valence-corrected chi connectivity index (χ1v) is 7.68. The van der Waals surface area contributed by atoms with Gasteiger partial charge >= 0.3 is 0 Å². The van der Waals surface area contributed by atoms with Crippen molar-refractivity contribution in [3.05, 3.63) is 48.0 Å². The van der Waals surface area contributed by atoms with Gasteiger partial charge in [0.15, 0.2) is 0 Å². The summed E-state index contributed by atoms with van der Waals surface area (Å²) in [5.41, 5.74) is 1.16. The largest absolute Gasteiger partial charge is 0.358 e. The Balaban J connectivity index is 2.00. The van der Waals surface area contributed by atoms with Crippen LogP contribution in [0.4, 0.5) is 0 Å². The lowest BCUT2D eigenvalue weighted by atomic mass is 10.00. The fourth-order valence-electron chi connectivity index (χ4n) is 2.50. The van der Waals surface area contributed by atoms with Crippen LogP contribution in [0.2, 0.25) is 0 Å². The van der Waals surface area contributed by atoms with Crippen LogP contribution in [0.15, 0.2) is 42.5 Å². The predicted molar refractivity (Wildman–Crippen MR) is 92.1 cm³/mol. The van der Waals surface area contributed by atoms with Gasteiger partial charge in [0.1, 0.15) is 0 Å². The van der Waals surface area contributed by atoms with Crippen LogP contribution in [0.1, 0.15) is 18.5 Å². The maximum atomic E-state index is 12.1. The van der Waals surface area contributed by atoms with E-state index >= 15 is 0 Å². The van der Waals surface area contributed by atoms with Crippen LogP contribution in [0.3, 0.4) is 0 Å². The molecule has 0 bridgehead atoms. The molecule has 2 rings (SSSR count). The van der Waals surface area contributed by atoms with Gasteiger partial charge in [0.2, 0.25) is 11.8 Å². The van der Waals surface area contributed by atoms with Crippen molar-refractivity contribution in [3.63, 3.8) is 0 Å². The molecule has 0 fully saturated rings. The van der Waals surface area contributed by atoms with E-state index in [0.29, 0.717) is 0 Å². The molecule has 0 aliphatic rings. The van der Waals surface area contributed by atoms with Gasteiger partial charge in [-0.2, -0.15) is 0 Å². The van der Waals surface area contributed by atoms with Gasteiger partial charge in [0.25, 0.3) is 0 Å². The van der Waals surface area contributed by atoms with Gasteiger partial charge in [-0.3, -0.25) is 9.59 Å². The third-order valence-corrected chi connectivity index (χ3v) is 3.93. The summed E-state index contributed by atoms with van der Waals surface area (Å²) in [6.07, 6.45) is 0. The summed E-state index contributed by atoms with van der Waals surface area (Å²) in [4.78, 5) is 24.8. The summed E-state index contributed by atoms with van der Waals surface area (Å²) >= 11 is 0. The average Bonchev–Trinajstić information content (AvgIpc) is 2.58. The topological polar surface area (TPSA) is 61.4 Å². The zero-order valence-electron chi connectivity index (χ0n) is 13.8. The smallest absolute Gasteiger partial charge is 0.239 e. The van der Waals surface area contributed by atoms with E-state index in [-0.39, 0.29) is 30.9 Å². The molecule has 1 atom stereocenters. The van der Waals surface area contributed by atoms with Crippen LogP contribution in [-0.4, -0.2) is 43.9 Å². The standard InChI is InChI=1S/C18H23N3O2/c1-13(20-11-18(23)21(3)12-17(22)19-2)15-10-6-8-14-7-4-5-9-16(14)15/h4-10,13,20H,11-12H2,1-3H3,(H,19,22)/t13-/m0/s1. The van der Waals surface area contributed by atoms with Gasteiger partial charge < -0.3 is 15.5 Å². The Morgan fingerprint density at radius 3 is 2.57 bits per heavy atom. The SMILES string of the molecule is CNC(=O)CN(C)C(=O)CN[C@@H](C)c1cccc2ccccc12. The minimum atomic E-state index is -0.178. The van der Waals surface area contributed by atoms with Gasteiger partial charge in [-0.25, -0.2) is 0 Å². The molecule has 2 aromatic carbocycles. The molecule has 2 amide bonds. The van der Waals surface area contributed by atoms with Crippen LogP contribution in [0, 0.1) is 0 Å². The molecule has 0 aliphatic carbocycles. The van der Waals surface area contributed by atoms with E-state index in [2.05, 4.69) is 34.9 Å². The highest BCUT2D eigenvalue weighted by molar-refractivity contribution is 5.87. The number of amides is 2. The summed E-state index contributed by atoms with van der Waals surface area (Å²) in [7, 11) is 3.18. The van der Waals surface area contributed by atoms with Crippen molar-refractivity contribution in [1.82, 2.24) is 15.5 Å². The second kappa shape index (κ2) is 7.74. The first-order chi connectivity index (χ1) is 11.0. The molecule has 0 saturated heterocycles. The number of carbonyl (C=O) groups is 2. The number of nitrogens with zero attached hydrogens (tertiary/aromatic N) is 1. The molecule has 0 radical (unpaired) electrons. The molecular formula is C18H23N3O2. The molecule has 23 heavy (non-hydrogen) atoms.